The summed E-state index contributed by atoms with van der Waals surface area (Å²) in [5.41, 5.74) is 1.19. The molecule has 4 rings (SSSR count). The van der Waals surface area contributed by atoms with Gasteiger partial charge < -0.3 is 0 Å². The Balaban J connectivity index is 1.52. The number of likely N-dealkylation sites (tertiary alicyclic amines) is 1. The zero-order chi connectivity index (χ0) is 15.9. The minimum atomic E-state index is -3.33. The Labute approximate surface area is 140 Å². The van der Waals surface area contributed by atoms with Crippen molar-refractivity contribution in [1.29, 1.82) is 0 Å². The van der Waals surface area contributed by atoms with Crippen LogP contribution in [0, 0.1) is 0 Å². The Hall–Kier alpha value is -1.28. The topological polar surface area (TPSA) is 53.5 Å². The first-order valence-corrected chi connectivity index (χ1v) is 10.2. The summed E-state index contributed by atoms with van der Waals surface area (Å²) in [7, 11) is -3.33. The maximum Gasteiger partial charge on any atom is 0.252 e. The van der Waals surface area contributed by atoms with E-state index in [0.29, 0.717) is 16.8 Å². The number of fused-ring (bicyclic) bond motifs is 1. The summed E-state index contributed by atoms with van der Waals surface area (Å²) in [4.78, 5) is 6.58. The number of sulfonamides is 1. The number of nitrogens with zero attached hydrogens (tertiary/aromatic N) is 3. The zero-order valence-corrected chi connectivity index (χ0v) is 14.3. The molecule has 122 valence electrons. The number of hydrogen-bond acceptors (Lipinski definition) is 5. The molecule has 2 fully saturated rings. The highest BCUT2D eigenvalue weighted by molar-refractivity contribution is 7.91. The van der Waals surface area contributed by atoms with Crippen molar-refractivity contribution < 1.29 is 8.42 Å². The van der Waals surface area contributed by atoms with E-state index in [1.54, 1.807) is 22.6 Å². The van der Waals surface area contributed by atoms with Crippen molar-refractivity contribution in [3.63, 3.8) is 0 Å². The van der Waals surface area contributed by atoms with Crippen molar-refractivity contribution in [2.24, 2.45) is 0 Å². The van der Waals surface area contributed by atoms with E-state index in [2.05, 4.69) is 16.0 Å². The smallest absolute Gasteiger partial charge is 0.252 e. The molecule has 0 saturated carbocycles. The predicted molar refractivity (Wildman–Crippen MR) is 89.7 cm³/mol. The molecule has 23 heavy (non-hydrogen) atoms. The molecule has 4 heterocycles. The highest BCUT2D eigenvalue weighted by Crippen LogP contribution is 2.36. The van der Waals surface area contributed by atoms with Crippen molar-refractivity contribution in [2.45, 2.75) is 35.7 Å². The van der Waals surface area contributed by atoms with Crippen molar-refractivity contribution in [1.82, 2.24) is 14.2 Å². The van der Waals surface area contributed by atoms with Crippen LogP contribution in [0.15, 0.2) is 46.2 Å². The SMILES string of the molecule is O=S(=O)(c1cccs1)N1CC[C@H]2[C@H]1CCN2Cc1cccnc1. The Morgan fingerprint density at radius 3 is 2.78 bits per heavy atom. The molecular weight excluding hydrogens is 330 g/mol. The first-order chi connectivity index (χ1) is 11.2. The number of pyridine rings is 1. The Kier molecular flexibility index (Phi) is 3.96. The summed E-state index contributed by atoms with van der Waals surface area (Å²) in [5, 5.41) is 1.82. The number of hydrogen-bond donors (Lipinski definition) is 0. The summed E-state index contributed by atoms with van der Waals surface area (Å²) >= 11 is 1.30. The molecule has 0 N–H and O–H groups in total. The third-order valence-corrected chi connectivity index (χ3v) is 8.10. The van der Waals surface area contributed by atoms with Gasteiger partial charge in [0.1, 0.15) is 4.21 Å². The van der Waals surface area contributed by atoms with Crippen LogP contribution >= 0.6 is 11.3 Å². The van der Waals surface area contributed by atoms with Crippen molar-refractivity contribution in [2.75, 3.05) is 13.1 Å². The van der Waals surface area contributed by atoms with Gasteiger partial charge in [-0.2, -0.15) is 4.31 Å². The minimum Gasteiger partial charge on any atom is -0.294 e. The molecule has 0 bridgehead atoms. The highest BCUT2D eigenvalue weighted by atomic mass is 32.2. The van der Waals surface area contributed by atoms with E-state index in [9.17, 15) is 8.42 Å². The lowest BCUT2D eigenvalue weighted by molar-refractivity contribution is 0.240. The summed E-state index contributed by atoms with van der Waals surface area (Å²) < 4.78 is 27.8. The molecule has 2 saturated heterocycles. The van der Waals surface area contributed by atoms with Gasteiger partial charge in [0.05, 0.1) is 0 Å². The fourth-order valence-electron chi connectivity index (χ4n) is 3.78. The molecule has 0 spiro atoms. The molecule has 0 radical (unpaired) electrons. The first kappa shape index (κ1) is 15.3. The fraction of sp³-hybridized carbons (Fsp3) is 0.438. The number of aromatic nitrogens is 1. The van der Waals surface area contributed by atoms with Crippen LogP contribution in [-0.4, -0.2) is 47.8 Å². The van der Waals surface area contributed by atoms with Crippen LogP contribution in [0.2, 0.25) is 0 Å². The van der Waals surface area contributed by atoms with Crippen LogP contribution in [0.1, 0.15) is 18.4 Å². The second-order valence-corrected chi connectivity index (χ2v) is 9.16. The maximum atomic E-state index is 12.8. The first-order valence-electron chi connectivity index (χ1n) is 7.84. The van der Waals surface area contributed by atoms with Gasteiger partial charge in [0, 0.05) is 44.1 Å². The second kappa shape index (κ2) is 5.98. The van der Waals surface area contributed by atoms with Crippen LogP contribution in [0.3, 0.4) is 0 Å². The van der Waals surface area contributed by atoms with E-state index < -0.39 is 10.0 Å². The van der Waals surface area contributed by atoms with Gasteiger partial charge in [0.25, 0.3) is 10.0 Å². The Bertz CT molecular complexity index is 762. The van der Waals surface area contributed by atoms with E-state index >= 15 is 0 Å². The number of rotatable bonds is 4. The molecule has 5 nitrogen and oxygen atoms in total. The largest absolute Gasteiger partial charge is 0.294 e. The minimum absolute atomic E-state index is 0.110. The summed E-state index contributed by atoms with van der Waals surface area (Å²) in [6.07, 6.45) is 5.49. The maximum absolute atomic E-state index is 12.8. The summed E-state index contributed by atoms with van der Waals surface area (Å²) in [6.45, 7) is 2.42. The van der Waals surface area contributed by atoms with Crippen LogP contribution in [0.4, 0.5) is 0 Å². The van der Waals surface area contributed by atoms with Gasteiger partial charge in [-0.1, -0.05) is 12.1 Å². The lowest BCUT2D eigenvalue weighted by Crippen LogP contribution is -2.39. The molecule has 0 aliphatic carbocycles. The standard InChI is InChI=1S/C16H19N3O2S2/c20-23(21,16-4-2-10-22-16)19-9-6-14-15(19)5-8-18(14)12-13-3-1-7-17-11-13/h1-4,7,10-11,14-15H,5-6,8-9,12H2/t14-,15+/m0/s1. The summed E-state index contributed by atoms with van der Waals surface area (Å²) in [6, 6.07) is 7.97. The van der Waals surface area contributed by atoms with Crippen LogP contribution < -0.4 is 0 Å². The average molecular weight is 349 g/mol. The molecule has 2 aromatic heterocycles. The predicted octanol–water partition coefficient (Wildman–Crippen LogP) is 2.18. The highest BCUT2D eigenvalue weighted by Gasteiger charge is 2.47. The van der Waals surface area contributed by atoms with Gasteiger partial charge >= 0.3 is 0 Å². The van der Waals surface area contributed by atoms with Crippen molar-refractivity contribution in [3.05, 3.63) is 47.6 Å². The van der Waals surface area contributed by atoms with E-state index in [1.165, 1.54) is 16.9 Å². The Morgan fingerprint density at radius 2 is 2.04 bits per heavy atom. The lowest BCUT2D eigenvalue weighted by atomic mass is 10.1. The molecule has 2 aromatic rings. The zero-order valence-electron chi connectivity index (χ0n) is 12.7. The van der Waals surface area contributed by atoms with E-state index in [4.69, 9.17) is 0 Å². The van der Waals surface area contributed by atoms with Crippen LogP contribution in [-0.2, 0) is 16.6 Å². The van der Waals surface area contributed by atoms with Gasteiger partial charge in [-0.15, -0.1) is 11.3 Å². The molecule has 0 aromatic carbocycles. The molecule has 7 heteroatoms. The average Bonchev–Trinajstić information content (AvgIpc) is 3.27. The quantitative estimate of drug-likeness (QED) is 0.849. The van der Waals surface area contributed by atoms with Gasteiger partial charge in [-0.05, 0) is 35.9 Å². The molecule has 0 unspecified atom stereocenters. The van der Waals surface area contributed by atoms with E-state index in [0.717, 1.165) is 25.9 Å². The third kappa shape index (κ3) is 2.71. The third-order valence-electron chi connectivity index (χ3n) is 4.81. The van der Waals surface area contributed by atoms with Crippen LogP contribution in [0.25, 0.3) is 0 Å². The fourth-order valence-corrected chi connectivity index (χ4v) is 6.60. The van der Waals surface area contributed by atoms with E-state index in [1.807, 2.05) is 17.6 Å². The van der Waals surface area contributed by atoms with Gasteiger partial charge in [0.15, 0.2) is 0 Å². The van der Waals surface area contributed by atoms with Crippen LogP contribution in [0.5, 0.6) is 0 Å². The molecule has 2 aliphatic heterocycles. The van der Waals surface area contributed by atoms with Gasteiger partial charge in [0.2, 0.25) is 0 Å². The Morgan fingerprint density at radius 1 is 1.17 bits per heavy atom. The number of thiophene rings is 1. The van der Waals surface area contributed by atoms with E-state index in [-0.39, 0.29) is 6.04 Å². The summed E-state index contributed by atoms with van der Waals surface area (Å²) in [5.74, 6) is 0. The molecule has 0 amide bonds. The van der Waals surface area contributed by atoms with Crippen molar-refractivity contribution in [3.8, 4) is 0 Å². The second-order valence-electron chi connectivity index (χ2n) is 6.09. The monoisotopic (exact) mass is 349 g/mol. The van der Waals surface area contributed by atoms with Crippen molar-refractivity contribution >= 4 is 21.4 Å². The molecular formula is C16H19N3O2S2. The molecule has 2 aliphatic rings. The normalized spacial score (nSPS) is 25.7. The lowest BCUT2D eigenvalue weighted by Gasteiger charge is -2.25. The van der Waals surface area contributed by atoms with Gasteiger partial charge in [-0.25, -0.2) is 8.42 Å². The molecule has 2 atom stereocenters. The van der Waals surface area contributed by atoms with Gasteiger partial charge in [-0.3, -0.25) is 9.88 Å².